The van der Waals surface area contributed by atoms with E-state index >= 15 is 0 Å². The third-order valence-corrected chi connectivity index (χ3v) is 3.94. The number of aryl methyl sites for hydroxylation is 1. The summed E-state index contributed by atoms with van der Waals surface area (Å²) in [6.45, 7) is 0.709. The van der Waals surface area contributed by atoms with Gasteiger partial charge in [0, 0.05) is 13.6 Å². The first-order valence-electron chi connectivity index (χ1n) is 7.76. The monoisotopic (exact) mass is 377 g/mol. The number of ether oxygens (including phenoxy) is 2. The Balaban J connectivity index is 1.72. The zero-order chi connectivity index (χ0) is 18.5. The molecule has 7 nitrogen and oxygen atoms in total. The van der Waals surface area contributed by atoms with Crippen LogP contribution in [0.25, 0.3) is 0 Å². The van der Waals surface area contributed by atoms with Gasteiger partial charge in [-0.05, 0) is 45.8 Å². The van der Waals surface area contributed by atoms with E-state index in [1.165, 1.54) is 16.8 Å². The van der Waals surface area contributed by atoms with Crippen LogP contribution in [0.15, 0.2) is 36.4 Å². The highest BCUT2D eigenvalue weighted by Gasteiger charge is 2.13. The Bertz CT molecular complexity index is 885. The van der Waals surface area contributed by atoms with E-state index in [1.54, 1.807) is 32.4 Å². The fraction of sp³-hybridized carbons (Fsp3) is 0.235. The van der Waals surface area contributed by atoms with Crippen LogP contribution >= 0.6 is 11.6 Å². The summed E-state index contributed by atoms with van der Waals surface area (Å²) in [5.41, 5.74) is 1.70. The predicted octanol–water partition coefficient (Wildman–Crippen LogP) is 3.20. The third-order valence-electron chi connectivity index (χ3n) is 3.66. The van der Waals surface area contributed by atoms with E-state index in [1.807, 2.05) is 6.07 Å². The van der Waals surface area contributed by atoms with Crippen LogP contribution in [0.1, 0.15) is 11.1 Å². The van der Waals surface area contributed by atoms with Gasteiger partial charge in [0.25, 0.3) is 0 Å². The molecule has 1 aromatic heterocycles. The lowest BCUT2D eigenvalue weighted by atomic mass is 10.2. The predicted molar refractivity (Wildman–Crippen MR) is 94.9 cm³/mol. The molecular formula is C17H17ClFN5O2. The van der Waals surface area contributed by atoms with Crippen molar-refractivity contribution in [2.45, 2.75) is 13.2 Å². The summed E-state index contributed by atoms with van der Waals surface area (Å²) in [5, 5.41) is 14.7. The van der Waals surface area contributed by atoms with Crippen molar-refractivity contribution in [1.29, 1.82) is 0 Å². The Morgan fingerprint density at radius 3 is 2.62 bits per heavy atom. The Morgan fingerprint density at radius 1 is 1.19 bits per heavy atom. The maximum absolute atomic E-state index is 13.0. The lowest BCUT2D eigenvalue weighted by molar-refractivity contribution is 0.284. The molecule has 0 aliphatic rings. The second-order valence-electron chi connectivity index (χ2n) is 5.50. The van der Waals surface area contributed by atoms with Crippen LogP contribution < -0.4 is 14.8 Å². The number of halogens is 2. The molecule has 0 bridgehead atoms. The van der Waals surface area contributed by atoms with Gasteiger partial charge in [0.1, 0.15) is 12.4 Å². The molecular weight excluding hydrogens is 361 g/mol. The van der Waals surface area contributed by atoms with Gasteiger partial charge in [0.15, 0.2) is 11.5 Å². The highest BCUT2D eigenvalue weighted by molar-refractivity contribution is 6.32. The molecule has 0 aliphatic heterocycles. The fourth-order valence-corrected chi connectivity index (χ4v) is 2.60. The van der Waals surface area contributed by atoms with Crippen LogP contribution in [0, 0.1) is 5.82 Å². The summed E-state index contributed by atoms with van der Waals surface area (Å²) in [6.07, 6.45) is 0. The second-order valence-corrected chi connectivity index (χ2v) is 5.91. The van der Waals surface area contributed by atoms with Crippen molar-refractivity contribution >= 4 is 17.5 Å². The molecule has 1 heterocycles. The molecule has 3 aromatic rings. The van der Waals surface area contributed by atoms with E-state index in [0.29, 0.717) is 29.0 Å². The lowest BCUT2D eigenvalue weighted by Gasteiger charge is -2.14. The maximum atomic E-state index is 13.0. The average molecular weight is 378 g/mol. The minimum absolute atomic E-state index is 0.249. The number of rotatable bonds is 7. The van der Waals surface area contributed by atoms with Crippen LogP contribution in [-0.2, 0) is 20.2 Å². The molecule has 0 saturated carbocycles. The fourth-order valence-electron chi connectivity index (χ4n) is 2.31. The van der Waals surface area contributed by atoms with Crippen LogP contribution in [0.3, 0.4) is 0 Å². The molecule has 0 spiro atoms. The first-order valence-corrected chi connectivity index (χ1v) is 8.14. The van der Waals surface area contributed by atoms with E-state index < -0.39 is 0 Å². The molecule has 0 aliphatic carbocycles. The molecule has 1 N–H and O–H groups in total. The number of nitrogens with zero attached hydrogens (tertiary/aromatic N) is 4. The number of hydrogen-bond acceptors (Lipinski definition) is 6. The molecule has 9 heteroatoms. The van der Waals surface area contributed by atoms with Gasteiger partial charge in [-0.15, -0.1) is 0 Å². The number of hydrogen-bond donors (Lipinski definition) is 1. The van der Waals surface area contributed by atoms with E-state index in [9.17, 15) is 4.39 Å². The summed E-state index contributed by atoms with van der Waals surface area (Å²) in [5.74, 6) is 1.19. The van der Waals surface area contributed by atoms with E-state index in [4.69, 9.17) is 21.1 Å². The Labute approximate surface area is 154 Å². The smallest absolute Gasteiger partial charge is 0.242 e. The first-order chi connectivity index (χ1) is 12.6. The van der Waals surface area contributed by atoms with Crippen molar-refractivity contribution in [2.75, 3.05) is 12.4 Å². The Morgan fingerprint density at radius 2 is 1.96 bits per heavy atom. The minimum atomic E-state index is -0.292. The molecule has 0 amide bonds. The quantitative estimate of drug-likeness (QED) is 0.681. The third kappa shape index (κ3) is 4.20. The van der Waals surface area contributed by atoms with Crippen LogP contribution in [0.5, 0.6) is 11.5 Å². The largest absolute Gasteiger partial charge is 0.493 e. The summed E-state index contributed by atoms with van der Waals surface area (Å²) in [7, 11) is 3.28. The first kappa shape index (κ1) is 17.9. The van der Waals surface area contributed by atoms with Crippen molar-refractivity contribution in [3.63, 3.8) is 0 Å². The zero-order valence-electron chi connectivity index (χ0n) is 14.2. The van der Waals surface area contributed by atoms with Gasteiger partial charge in [-0.2, -0.15) is 0 Å². The van der Waals surface area contributed by atoms with Crippen LogP contribution in [-0.4, -0.2) is 27.3 Å². The van der Waals surface area contributed by atoms with Gasteiger partial charge in [-0.25, -0.2) is 9.07 Å². The Kier molecular flexibility index (Phi) is 5.52. The Hall–Kier alpha value is -2.87. The van der Waals surface area contributed by atoms with Gasteiger partial charge in [-0.1, -0.05) is 28.8 Å². The van der Waals surface area contributed by atoms with Crippen molar-refractivity contribution in [3.8, 4) is 11.5 Å². The molecule has 136 valence electrons. The minimum Gasteiger partial charge on any atom is -0.493 e. The van der Waals surface area contributed by atoms with Crippen LogP contribution in [0.2, 0.25) is 5.02 Å². The number of tetrazole rings is 1. The zero-order valence-corrected chi connectivity index (χ0v) is 15.0. The van der Waals surface area contributed by atoms with Crippen LogP contribution in [0.4, 0.5) is 10.3 Å². The summed E-state index contributed by atoms with van der Waals surface area (Å²) >= 11 is 6.36. The van der Waals surface area contributed by atoms with E-state index in [0.717, 1.165) is 11.1 Å². The normalized spacial score (nSPS) is 10.6. The number of nitrogens with one attached hydrogen (secondary N) is 1. The van der Waals surface area contributed by atoms with Gasteiger partial charge in [0.05, 0.1) is 12.1 Å². The van der Waals surface area contributed by atoms with Crippen molar-refractivity contribution in [3.05, 3.63) is 58.4 Å². The van der Waals surface area contributed by atoms with Crippen molar-refractivity contribution in [2.24, 2.45) is 7.05 Å². The summed E-state index contributed by atoms with van der Waals surface area (Å²) in [6, 6.07) is 9.68. The van der Waals surface area contributed by atoms with Gasteiger partial charge in [0.2, 0.25) is 5.95 Å². The number of aromatic nitrogens is 4. The number of benzene rings is 2. The highest BCUT2D eigenvalue weighted by atomic mass is 35.5. The molecule has 3 rings (SSSR count). The second kappa shape index (κ2) is 8.01. The molecule has 0 radical (unpaired) electrons. The maximum Gasteiger partial charge on any atom is 0.242 e. The van der Waals surface area contributed by atoms with E-state index in [2.05, 4.69) is 20.8 Å². The molecule has 0 saturated heterocycles. The van der Waals surface area contributed by atoms with Crippen molar-refractivity contribution in [1.82, 2.24) is 20.2 Å². The summed E-state index contributed by atoms with van der Waals surface area (Å²) < 4.78 is 25.7. The molecule has 0 atom stereocenters. The van der Waals surface area contributed by atoms with Gasteiger partial charge >= 0.3 is 0 Å². The molecule has 0 fully saturated rings. The number of methoxy groups -OCH3 is 1. The molecule has 26 heavy (non-hydrogen) atoms. The van der Waals surface area contributed by atoms with Crippen molar-refractivity contribution < 1.29 is 13.9 Å². The standard InChI is InChI=1S/C17H17ClFN5O2/c1-24-17(21-22-23-24)20-9-12-7-14(18)16(15(8-12)25-2)26-10-11-3-5-13(19)6-4-11/h3-8H,9-10H2,1-2H3,(H,20,21,23). The highest BCUT2D eigenvalue weighted by Crippen LogP contribution is 2.37. The van der Waals surface area contributed by atoms with E-state index in [-0.39, 0.29) is 12.4 Å². The SMILES string of the molecule is COc1cc(CNc2nnnn2C)cc(Cl)c1OCc1ccc(F)cc1. The molecule has 2 aromatic carbocycles. The topological polar surface area (TPSA) is 74.1 Å². The molecule has 0 unspecified atom stereocenters. The number of anilines is 1. The average Bonchev–Trinajstić information content (AvgIpc) is 3.05. The van der Waals surface area contributed by atoms with Gasteiger partial charge in [-0.3, -0.25) is 0 Å². The van der Waals surface area contributed by atoms with Gasteiger partial charge < -0.3 is 14.8 Å². The summed E-state index contributed by atoms with van der Waals surface area (Å²) in [4.78, 5) is 0. The lowest BCUT2D eigenvalue weighted by Crippen LogP contribution is -2.06.